The lowest BCUT2D eigenvalue weighted by Gasteiger charge is -2.17. The molecule has 0 aliphatic carbocycles. The summed E-state index contributed by atoms with van der Waals surface area (Å²) in [4.78, 5) is 12.8. The molecule has 0 amide bonds. The number of nitrogens with zero attached hydrogens (tertiary/aromatic N) is 4. The summed E-state index contributed by atoms with van der Waals surface area (Å²) in [6, 6.07) is 0. The molecule has 2 aromatic heterocycles. The molecule has 2 N–H and O–H groups in total. The van der Waals surface area contributed by atoms with Crippen molar-refractivity contribution in [2.75, 3.05) is 25.2 Å². The Labute approximate surface area is 121 Å². The van der Waals surface area contributed by atoms with E-state index in [0.29, 0.717) is 25.4 Å². The third-order valence-electron chi connectivity index (χ3n) is 2.69. The Hall–Kier alpha value is -1.38. The lowest BCUT2D eigenvalue weighted by atomic mass is 10.5. The zero-order valence-electron chi connectivity index (χ0n) is 11.9. The van der Waals surface area contributed by atoms with Crippen molar-refractivity contribution < 1.29 is 9.47 Å². The van der Waals surface area contributed by atoms with Crippen LogP contribution < -0.4 is 5.73 Å². The van der Waals surface area contributed by atoms with Crippen molar-refractivity contribution in [3.8, 4) is 0 Å². The number of aromatic nitrogens is 4. The van der Waals surface area contributed by atoms with Gasteiger partial charge in [-0.15, -0.1) is 11.8 Å². The van der Waals surface area contributed by atoms with Gasteiger partial charge in [-0.3, -0.25) is 0 Å². The van der Waals surface area contributed by atoms with Crippen LogP contribution in [0.25, 0.3) is 11.2 Å². The Bertz CT molecular complexity index is 568. The number of rotatable bonds is 7. The topological polar surface area (TPSA) is 88.1 Å². The van der Waals surface area contributed by atoms with Gasteiger partial charge in [0, 0.05) is 13.2 Å². The van der Waals surface area contributed by atoms with E-state index >= 15 is 0 Å². The molecular weight excluding hydrogens is 278 g/mol. The lowest BCUT2D eigenvalue weighted by molar-refractivity contribution is -0.143. The summed E-state index contributed by atoms with van der Waals surface area (Å²) < 4.78 is 13.0. The summed E-state index contributed by atoms with van der Waals surface area (Å²) in [5.74, 6) is 0.243. The molecule has 0 fully saturated rings. The quantitative estimate of drug-likeness (QED) is 0.471. The largest absolute Gasteiger partial charge is 0.368 e. The normalized spacial score (nSPS) is 11.6. The summed E-state index contributed by atoms with van der Waals surface area (Å²) in [7, 11) is 0. The van der Waals surface area contributed by atoms with Crippen LogP contribution in [0.15, 0.2) is 11.4 Å². The molecule has 2 aromatic rings. The number of thioether (sulfide) groups is 1. The van der Waals surface area contributed by atoms with Crippen LogP contribution in [-0.2, 0) is 16.0 Å². The number of nitrogen functional groups attached to an aromatic ring is 1. The standard InChI is InChI=1S/C12H19N5O2S/c1-4-18-8(19-5-2)6-17-7-14-9-10(17)15-12(13)16-11(9)20-3/h7-8H,4-6H2,1-3H3,(H2,13,15,16). The summed E-state index contributed by atoms with van der Waals surface area (Å²) in [6.45, 7) is 5.56. The average molecular weight is 297 g/mol. The van der Waals surface area contributed by atoms with E-state index in [0.717, 1.165) is 10.5 Å². The minimum absolute atomic E-state index is 0.243. The second-order valence-corrected chi connectivity index (χ2v) is 4.80. The van der Waals surface area contributed by atoms with E-state index in [-0.39, 0.29) is 12.2 Å². The SMILES string of the molecule is CCOC(Cn1cnc2c(SC)nc(N)nc21)OCC. The van der Waals surface area contributed by atoms with E-state index < -0.39 is 0 Å². The van der Waals surface area contributed by atoms with Gasteiger partial charge >= 0.3 is 0 Å². The smallest absolute Gasteiger partial charge is 0.223 e. The first-order valence-electron chi connectivity index (χ1n) is 6.45. The molecule has 0 aliphatic heterocycles. The number of hydrogen-bond acceptors (Lipinski definition) is 7. The summed E-state index contributed by atoms with van der Waals surface area (Å²) in [6.07, 6.45) is 3.32. The first kappa shape index (κ1) is 15.0. The maximum absolute atomic E-state index is 5.74. The van der Waals surface area contributed by atoms with E-state index in [2.05, 4.69) is 15.0 Å². The van der Waals surface area contributed by atoms with E-state index in [1.54, 1.807) is 6.33 Å². The van der Waals surface area contributed by atoms with Crippen LogP contribution in [0.1, 0.15) is 13.8 Å². The molecule has 8 heteroatoms. The highest BCUT2D eigenvalue weighted by Crippen LogP contribution is 2.23. The highest BCUT2D eigenvalue weighted by atomic mass is 32.2. The number of anilines is 1. The molecule has 110 valence electrons. The van der Waals surface area contributed by atoms with Crippen LogP contribution in [0.4, 0.5) is 5.95 Å². The molecule has 2 rings (SSSR count). The van der Waals surface area contributed by atoms with Crippen molar-refractivity contribution in [1.82, 2.24) is 19.5 Å². The van der Waals surface area contributed by atoms with Crippen molar-refractivity contribution in [3.05, 3.63) is 6.33 Å². The Kier molecular flexibility index (Phi) is 5.16. The van der Waals surface area contributed by atoms with E-state index in [1.165, 1.54) is 11.8 Å². The van der Waals surface area contributed by atoms with E-state index in [4.69, 9.17) is 15.2 Å². The number of hydrogen-bond donors (Lipinski definition) is 1. The molecule has 0 saturated heterocycles. The van der Waals surface area contributed by atoms with Gasteiger partial charge in [0.15, 0.2) is 11.9 Å². The highest BCUT2D eigenvalue weighted by Gasteiger charge is 2.15. The van der Waals surface area contributed by atoms with E-state index in [1.807, 2.05) is 24.7 Å². The van der Waals surface area contributed by atoms with Gasteiger partial charge < -0.3 is 19.8 Å². The molecule has 0 aromatic carbocycles. The van der Waals surface area contributed by atoms with Gasteiger partial charge in [-0.05, 0) is 20.1 Å². The summed E-state index contributed by atoms with van der Waals surface area (Å²) >= 11 is 1.50. The second-order valence-electron chi connectivity index (χ2n) is 4.00. The molecule has 0 radical (unpaired) electrons. The van der Waals surface area contributed by atoms with Crippen LogP contribution in [0.2, 0.25) is 0 Å². The molecule has 7 nitrogen and oxygen atoms in total. The maximum Gasteiger partial charge on any atom is 0.223 e. The Balaban J connectivity index is 2.32. The molecule has 20 heavy (non-hydrogen) atoms. The van der Waals surface area contributed by atoms with Crippen molar-refractivity contribution in [2.24, 2.45) is 0 Å². The number of fused-ring (bicyclic) bond motifs is 1. The van der Waals surface area contributed by atoms with Crippen LogP contribution in [0, 0.1) is 0 Å². The van der Waals surface area contributed by atoms with E-state index in [9.17, 15) is 0 Å². The molecule has 0 spiro atoms. The number of nitrogens with two attached hydrogens (primary N) is 1. The number of ether oxygens (including phenoxy) is 2. The molecular formula is C12H19N5O2S. The monoisotopic (exact) mass is 297 g/mol. The molecule has 0 bridgehead atoms. The van der Waals surface area contributed by atoms with Gasteiger partial charge in [-0.25, -0.2) is 9.97 Å². The highest BCUT2D eigenvalue weighted by molar-refractivity contribution is 7.98. The molecule has 0 aliphatic rings. The fourth-order valence-corrected chi connectivity index (χ4v) is 2.42. The molecule has 2 heterocycles. The van der Waals surface area contributed by atoms with Crippen LogP contribution in [0.5, 0.6) is 0 Å². The third kappa shape index (κ3) is 3.20. The number of imidazole rings is 1. The Morgan fingerprint density at radius 2 is 2.00 bits per heavy atom. The van der Waals surface area contributed by atoms with Gasteiger partial charge in [0.25, 0.3) is 0 Å². The minimum atomic E-state index is -0.323. The van der Waals surface area contributed by atoms with Crippen molar-refractivity contribution in [1.29, 1.82) is 0 Å². The predicted octanol–water partition coefficient (Wildman–Crippen LogP) is 1.53. The van der Waals surface area contributed by atoms with Crippen molar-refractivity contribution >= 4 is 28.9 Å². The van der Waals surface area contributed by atoms with Gasteiger partial charge in [0.05, 0.1) is 12.9 Å². The lowest BCUT2D eigenvalue weighted by Crippen LogP contribution is -2.23. The molecule has 0 atom stereocenters. The van der Waals surface area contributed by atoms with Crippen molar-refractivity contribution in [3.63, 3.8) is 0 Å². The first-order chi connectivity index (χ1) is 9.69. The van der Waals surface area contributed by atoms with Gasteiger partial charge in [0.2, 0.25) is 5.95 Å². The average Bonchev–Trinajstić information content (AvgIpc) is 2.81. The predicted molar refractivity (Wildman–Crippen MR) is 78.6 cm³/mol. The minimum Gasteiger partial charge on any atom is -0.368 e. The van der Waals surface area contributed by atoms with Gasteiger partial charge in [-0.2, -0.15) is 4.98 Å². The maximum atomic E-state index is 5.74. The van der Waals surface area contributed by atoms with Crippen LogP contribution in [0.3, 0.4) is 0 Å². The zero-order chi connectivity index (χ0) is 14.5. The van der Waals surface area contributed by atoms with Crippen LogP contribution in [-0.4, -0.2) is 45.3 Å². The second kappa shape index (κ2) is 6.87. The first-order valence-corrected chi connectivity index (χ1v) is 7.67. The van der Waals surface area contributed by atoms with Crippen molar-refractivity contribution in [2.45, 2.75) is 31.7 Å². The van der Waals surface area contributed by atoms with Gasteiger partial charge in [-0.1, -0.05) is 0 Å². The Morgan fingerprint density at radius 1 is 1.30 bits per heavy atom. The summed E-state index contributed by atoms with van der Waals surface area (Å²) in [5.41, 5.74) is 7.19. The van der Waals surface area contributed by atoms with Crippen LogP contribution >= 0.6 is 11.8 Å². The fraction of sp³-hybridized carbons (Fsp3) is 0.583. The molecule has 0 unspecified atom stereocenters. The van der Waals surface area contributed by atoms with Gasteiger partial charge in [0.1, 0.15) is 10.5 Å². The third-order valence-corrected chi connectivity index (χ3v) is 3.36. The molecule has 0 saturated carbocycles. The summed E-state index contributed by atoms with van der Waals surface area (Å²) in [5, 5.41) is 0.774. The zero-order valence-corrected chi connectivity index (χ0v) is 12.7. The fourth-order valence-electron chi connectivity index (χ4n) is 1.90. The Morgan fingerprint density at radius 3 is 2.60 bits per heavy atom.